The second-order valence-corrected chi connectivity index (χ2v) is 11.7. The average molecular weight is 479 g/mol. The van der Waals surface area contributed by atoms with Gasteiger partial charge in [-0.3, -0.25) is 9.80 Å². The zero-order valence-electron chi connectivity index (χ0n) is 21.8. The first-order valence-corrected chi connectivity index (χ1v) is 13.8. The molecule has 2 fully saturated rings. The van der Waals surface area contributed by atoms with Gasteiger partial charge in [0.25, 0.3) is 0 Å². The summed E-state index contributed by atoms with van der Waals surface area (Å²) in [7, 11) is 0. The highest BCUT2D eigenvalue weighted by atomic mass is 32.1. The fourth-order valence-corrected chi connectivity index (χ4v) is 6.69. The van der Waals surface area contributed by atoms with Crippen molar-refractivity contribution >= 4 is 27.2 Å². The van der Waals surface area contributed by atoms with Crippen molar-refractivity contribution in [2.75, 3.05) is 57.3 Å². The Morgan fingerprint density at radius 2 is 1.44 bits per heavy atom. The van der Waals surface area contributed by atoms with Gasteiger partial charge < -0.3 is 4.90 Å². The first kappa shape index (κ1) is 23.7. The van der Waals surface area contributed by atoms with Crippen molar-refractivity contribution in [3.05, 3.63) is 40.7 Å². The molecule has 0 bridgehead atoms. The van der Waals surface area contributed by atoms with Crippen LogP contribution in [0.5, 0.6) is 0 Å². The van der Waals surface area contributed by atoms with Gasteiger partial charge in [-0.25, -0.2) is 9.56 Å². The Hall–Kier alpha value is -2.02. The van der Waals surface area contributed by atoms with Gasteiger partial charge in [-0.2, -0.15) is 0 Å². The largest absolute Gasteiger partial charge is 0.369 e. The lowest BCUT2D eigenvalue weighted by atomic mass is 10.1. The quantitative estimate of drug-likeness (QED) is 0.419. The SMILES string of the molecule is Cc1cc(=[N+]2CCN(C(C)C)CC2)cc2sc3cc(N4CCN(C(C)C)CC4)cc(C)c3nc1-2. The smallest absolute Gasteiger partial charge is 0.201 e. The number of nitrogens with zero attached hydrogens (tertiary/aromatic N) is 5. The average Bonchev–Trinajstić information content (AvgIpc) is 2.83. The number of aryl methyl sites for hydroxylation is 2. The summed E-state index contributed by atoms with van der Waals surface area (Å²) in [5, 5.41) is 1.35. The first-order valence-electron chi connectivity index (χ1n) is 13.0. The fourth-order valence-electron chi connectivity index (χ4n) is 5.49. The van der Waals surface area contributed by atoms with Crippen LogP contribution >= 0.6 is 11.3 Å². The molecule has 0 saturated carbocycles. The zero-order valence-corrected chi connectivity index (χ0v) is 22.6. The number of piperazine rings is 2. The molecule has 4 aliphatic rings. The molecule has 0 N–H and O–H groups in total. The molecule has 6 heteroatoms. The number of anilines is 1. The zero-order chi connectivity index (χ0) is 24.0. The van der Waals surface area contributed by atoms with E-state index in [1.807, 2.05) is 11.3 Å². The van der Waals surface area contributed by atoms with Gasteiger partial charge in [0.15, 0.2) is 13.1 Å². The van der Waals surface area contributed by atoms with Gasteiger partial charge >= 0.3 is 0 Å². The molecule has 0 aromatic heterocycles. The van der Waals surface area contributed by atoms with Gasteiger partial charge in [-0.15, -0.1) is 11.3 Å². The molecule has 2 saturated heterocycles. The van der Waals surface area contributed by atoms with Crippen molar-refractivity contribution in [1.29, 1.82) is 0 Å². The Bertz CT molecular complexity index is 1210. The van der Waals surface area contributed by atoms with Gasteiger partial charge in [0, 0.05) is 56.1 Å². The molecule has 1 aromatic carbocycles. The van der Waals surface area contributed by atoms with Crippen molar-refractivity contribution < 1.29 is 0 Å². The van der Waals surface area contributed by atoms with Gasteiger partial charge in [0.2, 0.25) is 5.36 Å². The van der Waals surface area contributed by atoms with Gasteiger partial charge in [-0.05, 0) is 64.8 Å². The van der Waals surface area contributed by atoms with E-state index in [9.17, 15) is 0 Å². The summed E-state index contributed by atoms with van der Waals surface area (Å²) in [5.41, 5.74) is 6.23. The number of fused-ring (bicyclic) bond motifs is 2. The Kier molecular flexibility index (Phi) is 6.66. The van der Waals surface area contributed by atoms with Gasteiger partial charge in [-0.1, -0.05) is 0 Å². The molecule has 3 aliphatic heterocycles. The van der Waals surface area contributed by atoms with E-state index in [1.54, 1.807) is 0 Å². The van der Waals surface area contributed by atoms with Crippen LogP contribution in [0.1, 0.15) is 38.8 Å². The van der Waals surface area contributed by atoms with Crippen molar-refractivity contribution in [1.82, 2.24) is 19.4 Å². The maximum Gasteiger partial charge on any atom is 0.201 e. The van der Waals surface area contributed by atoms with Crippen LogP contribution in [-0.4, -0.2) is 79.2 Å². The standard InChI is InChI=1S/C28H40N5S/c1-19(2)30-7-11-32(12-8-30)23-15-21(5)27-25(17-23)34-26-18-24(16-22(6)28(26)29-27)33-13-9-31(10-14-33)20(3)4/h15-20H,7-14H2,1-6H3/q+1. The fraction of sp³-hybridized carbons (Fsp3) is 0.571. The number of rotatable bonds is 3. The highest BCUT2D eigenvalue weighted by molar-refractivity contribution is 7.21. The lowest BCUT2D eigenvalue weighted by molar-refractivity contribution is 0.181. The van der Waals surface area contributed by atoms with Crippen LogP contribution in [-0.2, 0) is 0 Å². The van der Waals surface area contributed by atoms with E-state index in [1.165, 1.54) is 31.7 Å². The summed E-state index contributed by atoms with van der Waals surface area (Å²) in [5.74, 6) is 0. The molecule has 5 rings (SSSR count). The molecule has 182 valence electrons. The van der Waals surface area contributed by atoms with Crippen molar-refractivity contribution in [2.45, 2.75) is 53.6 Å². The lowest BCUT2D eigenvalue weighted by Gasteiger charge is -2.38. The van der Waals surface area contributed by atoms with Crippen LogP contribution in [0.15, 0.2) is 24.3 Å². The second kappa shape index (κ2) is 9.56. The minimum Gasteiger partial charge on any atom is -0.369 e. The molecule has 34 heavy (non-hydrogen) atoms. The van der Waals surface area contributed by atoms with Crippen LogP contribution < -0.4 is 14.8 Å². The number of aromatic nitrogens is 1. The molecular weight excluding hydrogens is 438 g/mol. The van der Waals surface area contributed by atoms with E-state index in [-0.39, 0.29) is 0 Å². The summed E-state index contributed by atoms with van der Waals surface area (Å²) >= 11 is 1.91. The van der Waals surface area contributed by atoms with Crippen molar-refractivity contribution in [2.24, 2.45) is 0 Å². The highest BCUT2D eigenvalue weighted by Crippen LogP contribution is 2.35. The third-order valence-electron chi connectivity index (χ3n) is 7.76. The summed E-state index contributed by atoms with van der Waals surface area (Å²) in [6.45, 7) is 22.6. The molecule has 5 nitrogen and oxygen atoms in total. The molecule has 0 unspecified atom stereocenters. The summed E-state index contributed by atoms with van der Waals surface area (Å²) in [6.07, 6.45) is 0. The normalized spacial score (nSPS) is 18.7. The molecule has 0 radical (unpaired) electrons. The molecule has 1 aromatic rings. The van der Waals surface area contributed by atoms with Gasteiger partial charge in [0.1, 0.15) is 0 Å². The number of benzene rings is 2. The molecule has 0 amide bonds. The van der Waals surface area contributed by atoms with Crippen LogP contribution in [0.4, 0.5) is 5.69 Å². The van der Waals surface area contributed by atoms with Crippen LogP contribution in [0.25, 0.3) is 20.8 Å². The van der Waals surface area contributed by atoms with Crippen molar-refractivity contribution in [3.63, 3.8) is 0 Å². The molecule has 0 spiro atoms. The van der Waals surface area contributed by atoms with E-state index in [0.29, 0.717) is 12.1 Å². The Labute approximate surface area is 208 Å². The third-order valence-corrected chi connectivity index (χ3v) is 8.83. The van der Waals surface area contributed by atoms with E-state index in [4.69, 9.17) is 4.98 Å². The molecule has 3 heterocycles. The summed E-state index contributed by atoms with van der Waals surface area (Å²) in [6, 6.07) is 10.7. The van der Waals surface area contributed by atoms with Crippen LogP contribution in [0.3, 0.4) is 0 Å². The lowest BCUT2D eigenvalue weighted by Crippen LogP contribution is -2.50. The van der Waals surface area contributed by atoms with E-state index < -0.39 is 0 Å². The van der Waals surface area contributed by atoms with Crippen LogP contribution in [0.2, 0.25) is 0 Å². The molecule has 0 atom stereocenters. The highest BCUT2D eigenvalue weighted by Gasteiger charge is 2.23. The second-order valence-electron chi connectivity index (χ2n) is 10.7. The van der Waals surface area contributed by atoms with Gasteiger partial charge in [0.05, 0.1) is 33.9 Å². The Balaban J connectivity index is 1.51. The molecule has 1 aliphatic carbocycles. The Morgan fingerprint density at radius 3 is 2.09 bits per heavy atom. The predicted octanol–water partition coefficient (Wildman–Crippen LogP) is 4.04. The van der Waals surface area contributed by atoms with E-state index in [2.05, 4.69) is 85.1 Å². The number of hydrogen-bond acceptors (Lipinski definition) is 5. The molecular formula is C28H40N5S+. The summed E-state index contributed by atoms with van der Waals surface area (Å²) < 4.78 is 3.85. The minimum absolute atomic E-state index is 0.629. The maximum atomic E-state index is 5.18. The number of hydrogen-bond donors (Lipinski definition) is 0. The van der Waals surface area contributed by atoms with E-state index in [0.717, 1.165) is 63.6 Å². The minimum atomic E-state index is 0.629. The maximum absolute atomic E-state index is 5.18. The first-order chi connectivity index (χ1) is 16.3. The van der Waals surface area contributed by atoms with Crippen molar-refractivity contribution in [3.8, 4) is 10.6 Å². The van der Waals surface area contributed by atoms with Crippen LogP contribution in [0, 0.1) is 13.8 Å². The van der Waals surface area contributed by atoms with E-state index >= 15 is 0 Å². The summed E-state index contributed by atoms with van der Waals surface area (Å²) in [4.78, 5) is 14.2. The third kappa shape index (κ3) is 4.60. The predicted molar refractivity (Wildman–Crippen MR) is 146 cm³/mol. The monoisotopic (exact) mass is 478 g/mol. The Morgan fingerprint density at radius 1 is 0.794 bits per heavy atom. The topological polar surface area (TPSA) is 25.6 Å².